The quantitative estimate of drug-likeness (QED) is 0.443. The summed E-state index contributed by atoms with van der Waals surface area (Å²) in [6.07, 6.45) is 3.98. The van der Waals surface area contributed by atoms with Crippen molar-refractivity contribution in [3.05, 3.63) is 69.8 Å². The van der Waals surface area contributed by atoms with Gasteiger partial charge in [0.15, 0.2) is 0 Å². The molecule has 0 fully saturated rings. The van der Waals surface area contributed by atoms with Gasteiger partial charge in [-0.25, -0.2) is 0 Å². The molecular weight excluding hydrogens is 394 g/mol. The van der Waals surface area contributed by atoms with Crippen LogP contribution in [0.3, 0.4) is 0 Å². The summed E-state index contributed by atoms with van der Waals surface area (Å²) >= 11 is 0. The smallest absolute Gasteiger partial charge is 0.266 e. The number of nitrogens with one attached hydrogen (secondary N) is 1. The molecule has 1 amide bonds. The fraction of sp³-hybridized carbons (Fsp3) is 0.357. The van der Waals surface area contributed by atoms with Crippen LogP contribution in [0.15, 0.2) is 42.0 Å². The van der Waals surface area contributed by atoms with Gasteiger partial charge in [-0.2, -0.15) is 5.26 Å². The predicted octanol–water partition coefficient (Wildman–Crippen LogP) is 6.57. The van der Waals surface area contributed by atoms with Crippen molar-refractivity contribution >= 4 is 28.9 Å². The Hall–Kier alpha value is -3.32. The molecule has 1 aliphatic heterocycles. The van der Waals surface area contributed by atoms with Crippen molar-refractivity contribution in [2.75, 3.05) is 10.2 Å². The van der Waals surface area contributed by atoms with Crippen LogP contribution >= 0.6 is 0 Å². The number of hydrogen-bond donors (Lipinski definition) is 1. The molecule has 0 radical (unpaired) electrons. The fourth-order valence-corrected chi connectivity index (χ4v) is 4.63. The predicted molar refractivity (Wildman–Crippen MR) is 135 cm³/mol. The molecule has 2 aromatic carbocycles. The lowest BCUT2D eigenvalue weighted by Gasteiger charge is -2.46. The highest BCUT2D eigenvalue weighted by atomic mass is 16.1. The first-order valence-corrected chi connectivity index (χ1v) is 11.1. The molecule has 166 valence electrons. The van der Waals surface area contributed by atoms with Gasteiger partial charge < -0.3 is 10.2 Å². The van der Waals surface area contributed by atoms with Crippen molar-refractivity contribution in [1.82, 2.24) is 0 Å². The van der Waals surface area contributed by atoms with Crippen LogP contribution in [0.25, 0.3) is 11.6 Å². The molecule has 2 aromatic rings. The third-order valence-corrected chi connectivity index (χ3v) is 6.21. The first-order valence-electron chi connectivity index (χ1n) is 11.1. The van der Waals surface area contributed by atoms with Gasteiger partial charge in [0.25, 0.3) is 5.91 Å². The topological polar surface area (TPSA) is 56.1 Å². The standard InChI is InChI=1S/C28H33N3O/c1-17(2)31-26-12-20(5)22(14-25(26)21(6)15-28(31,7)8)13-23(16-29)27(32)30-24-10-9-18(3)19(4)11-24/h9-15,17H,1-8H3,(H,30,32)/b23-13-. The van der Waals surface area contributed by atoms with Crippen molar-refractivity contribution in [1.29, 1.82) is 5.26 Å². The Kier molecular flexibility index (Phi) is 6.32. The van der Waals surface area contributed by atoms with Crippen LogP contribution in [-0.2, 0) is 4.79 Å². The van der Waals surface area contributed by atoms with Crippen LogP contribution in [0.4, 0.5) is 11.4 Å². The zero-order valence-corrected chi connectivity index (χ0v) is 20.4. The van der Waals surface area contributed by atoms with Crippen molar-refractivity contribution in [3.63, 3.8) is 0 Å². The summed E-state index contributed by atoms with van der Waals surface area (Å²) in [5.41, 5.74) is 8.40. The Morgan fingerprint density at radius 1 is 1.06 bits per heavy atom. The zero-order chi connectivity index (χ0) is 23.8. The minimum atomic E-state index is -0.398. The minimum absolute atomic E-state index is 0.0844. The summed E-state index contributed by atoms with van der Waals surface area (Å²) in [4.78, 5) is 15.2. The molecule has 0 atom stereocenters. The van der Waals surface area contributed by atoms with Gasteiger partial charge in [0.05, 0.1) is 5.54 Å². The number of nitriles is 1. The van der Waals surface area contributed by atoms with E-state index in [0.717, 1.165) is 27.8 Å². The normalized spacial score (nSPS) is 15.2. The van der Waals surface area contributed by atoms with Gasteiger partial charge >= 0.3 is 0 Å². The number of carbonyl (C=O) groups excluding carboxylic acids is 1. The summed E-state index contributed by atoms with van der Waals surface area (Å²) in [7, 11) is 0. The third-order valence-electron chi connectivity index (χ3n) is 6.21. The average Bonchev–Trinajstić information content (AvgIpc) is 2.68. The molecule has 0 unspecified atom stereocenters. The number of nitrogens with zero attached hydrogens (tertiary/aromatic N) is 2. The van der Waals surface area contributed by atoms with Gasteiger partial charge in [-0.05, 0) is 114 Å². The number of aryl methyl sites for hydroxylation is 3. The summed E-state index contributed by atoms with van der Waals surface area (Å²) < 4.78 is 0. The van der Waals surface area contributed by atoms with Crippen molar-refractivity contribution in [2.24, 2.45) is 0 Å². The number of rotatable bonds is 4. The number of benzene rings is 2. The Bertz CT molecular complexity index is 1180. The van der Waals surface area contributed by atoms with E-state index in [4.69, 9.17) is 0 Å². The van der Waals surface area contributed by atoms with E-state index >= 15 is 0 Å². The highest BCUT2D eigenvalue weighted by Crippen LogP contribution is 2.41. The highest BCUT2D eigenvalue weighted by molar-refractivity contribution is 6.10. The maximum atomic E-state index is 12.8. The van der Waals surface area contributed by atoms with Crippen LogP contribution < -0.4 is 10.2 Å². The third kappa shape index (κ3) is 4.48. The molecule has 32 heavy (non-hydrogen) atoms. The fourth-order valence-electron chi connectivity index (χ4n) is 4.63. The first-order chi connectivity index (χ1) is 14.9. The van der Waals surface area contributed by atoms with E-state index < -0.39 is 5.91 Å². The van der Waals surface area contributed by atoms with Crippen LogP contribution in [0.2, 0.25) is 0 Å². The van der Waals surface area contributed by atoms with E-state index in [9.17, 15) is 10.1 Å². The maximum Gasteiger partial charge on any atom is 0.266 e. The van der Waals surface area contributed by atoms with Crippen molar-refractivity contribution in [2.45, 2.75) is 67.0 Å². The van der Waals surface area contributed by atoms with Gasteiger partial charge in [0, 0.05) is 23.0 Å². The SMILES string of the molecule is CC1=CC(C)(C)N(C(C)C)c2cc(C)c(/C=C(/C#N)C(=O)Nc3ccc(C)c(C)c3)cc21. The van der Waals surface area contributed by atoms with Crippen molar-refractivity contribution < 1.29 is 4.79 Å². The number of carbonyl (C=O) groups is 1. The molecule has 0 saturated heterocycles. The van der Waals surface area contributed by atoms with Gasteiger partial charge in [0.1, 0.15) is 11.6 Å². The monoisotopic (exact) mass is 427 g/mol. The molecular formula is C28H33N3O. The molecule has 0 saturated carbocycles. The number of hydrogen-bond acceptors (Lipinski definition) is 3. The number of allylic oxidation sites excluding steroid dienone is 1. The molecule has 4 nitrogen and oxygen atoms in total. The summed E-state index contributed by atoms with van der Waals surface area (Å²) in [6, 6.07) is 12.4. The number of fused-ring (bicyclic) bond motifs is 1. The Balaban J connectivity index is 2.00. The number of amides is 1. The Labute approximate surface area is 192 Å². The molecule has 0 spiro atoms. The Morgan fingerprint density at radius 2 is 1.75 bits per heavy atom. The first kappa shape index (κ1) is 23.3. The molecule has 0 bridgehead atoms. The molecule has 1 N–H and O–H groups in total. The molecule has 1 aliphatic rings. The van der Waals surface area contributed by atoms with E-state index in [2.05, 4.69) is 69.1 Å². The van der Waals surface area contributed by atoms with E-state index in [1.54, 1.807) is 6.08 Å². The van der Waals surface area contributed by atoms with E-state index in [1.165, 1.54) is 11.3 Å². The lowest BCUT2D eigenvalue weighted by molar-refractivity contribution is -0.112. The summed E-state index contributed by atoms with van der Waals surface area (Å²) in [5, 5.41) is 12.6. The van der Waals surface area contributed by atoms with E-state index in [1.807, 2.05) is 39.0 Å². The van der Waals surface area contributed by atoms with Crippen molar-refractivity contribution in [3.8, 4) is 6.07 Å². The minimum Gasteiger partial charge on any atom is -0.360 e. The lowest BCUT2D eigenvalue weighted by atomic mass is 9.85. The lowest BCUT2D eigenvalue weighted by Crippen LogP contribution is -2.49. The van der Waals surface area contributed by atoms with Gasteiger partial charge in [-0.15, -0.1) is 0 Å². The number of anilines is 2. The zero-order valence-electron chi connectivity index (χ0n) is 20.4. The van der Waals surface area contributed by atoms with Crippen LogP contribution in [0.5, 0.6) is 0 Å². The van der Waals surface area contributed by atoms with Gasteiger partial charge in [0.2, 0.25) is 0 Å². The average molecular weight is 428 g/mol. The van der Waals surface area contributed by atoms with Crippen LogP contribution in [0, 0.1) is 32.1 Å². The van der Waals surface area contributed by atoms with E-state index in [-0.39, 0.29) is 11.1 Å². The second kappa shape index (κ2) is 8.67. The molecule has 3 rings (SSSR count). The molecule has 0 aliphatic carbocycles. The van der Waals surface area contributed by atoms with Gasteiger partial charge in [-0.1, -0.05) is 12.1 Å². The second-order valence-electron chi connectivity index (χ2n) is 9.59. The van der Waals surface area contributed by atoms with Gasteiger partial charge in [-0.3, -0.25) is 4.79 Å². The Morgan fingerprint density at radius 3 is 2.34 bits per heavy atom. The molecule has 0 aromatic heterocycles. The second-order valence-corrected chi connectivity index (χ2v) is 9.59. The van der Waals surface area contributed by atoms with Crippen LogP contribution in [0.1, 0.15) is 62.4 Å². The maximum absolute atomic E-state index is 12.8. The summed E-state index contributed by atoms with van der Waals surface area (Å²) in [5.74, 6) is -0.398. The van der Waals surface area contributed by atoms with Crippen LogP contribution in [-0.4, -0.2) is 17.5 Å². The molecule has 1 heterocycles. The summed E-state index contributed by atoms with van der Waals surface area (Å²) in [6.45, 7) is 17.0. The van der Waals surface area contributed by atoms with E-state index in [0.29, 0.717) is 11.7 Å². The molecule has 4 heteroatoms. The largest absolute Gasteiger partial charge is 0.360 e. The highest BCUT2D eigenvalue weighted by Gasteiger charge is 2.33.